The van der Waals surface area contributed by atoms with Crippen molar-refractivity contribution in [2.45, 2.75) is 26.2 Å². The summed E-state index contributed by atoms with van der Waals surface area (Å²) in [6, 6.07) is 11.8. The van der Waals surface area contributed by atoms with Gasteiger partial charge in [-0.3, -0.25) is 4.79 Å². The van der Waals surface area contributed by atoms with Crippen LogP contribution in [0.4, 0.5) is 11.5 Å². The average Bonchev–Trinajstić information content (AvgIpc) is 2.68. The topological polar surface area (TPSA) is 54.5 Å². The lowest BCUT2D eigenvalue weighted by Crippen LogP contribution is -2.36. The van der Waals surface area contributed by atoms with Crippen LogP contribution in [0.5, 0.6) is 0 Å². The van der Waals surface area contributed by atoms with E-state index in [0.717, 1.165) is 44.2 Å². The van der Waals surface area contributed by atoms with Crippen molar-refractivity contribution in [2.24, 2.45) is 0 Å². The Morgan fingerprint density at radius 3 is 2.56 bits per heavy atom. The van der Waals surface area contributed by atoms with Crippen molar-refractivity contribution in [1.82, 2.24) is 4.98 Å². The van der Waals surface area contributed by atoms with E-state index in [2.05, 4.69) is 34.3 Å². The number of carbonyl (C=O) groups excluding carboxylic acids is 1. The summed E-state index contributed by atoms with van der Waals surface area (Å²) >= 11 is 0. The summed E-state index contributed by atoms with van der Waals surface area (Å²) < 4.78 is 5.35. The van der Waals surface area contributed by atoms with Crippen molar-refractivity contribution in [1.29, 1.82) is 0 Å². The highest BCUT2D eigenvalue weighted by molar-refractivity contribution is 6.04. The maximum Gasteiger partial charge on any atom is 0.257 e. The molecule has 5 heteroatoms. The van der Waals surface area contributed by atoms with E-state index in [1.165, 1.54) is 18.4 Å². The zero-order chi connectivity index (χ0) is 17.5. The van der Waals surface area contributed by atoms with Gasteiger partial charge in [0.1, 0.15) is 5.82 Å². The second-order valence-electron chi connectivity index (χ2n) is 6.26. The van der Waals surface area contributed by atoms with Gasteiger partial charge in [0.25, 0.3) is 5.91 Å². The van der Waals surface area contributed by atoms with Crippen LogP contribution in [0.1, 0.15) is 35.7 Å². The number of hydrogen-bond acceptors (Lipinski definition) is 4. The third kappa shape index (κ3) is 4.79. The van der Waals surface area contributed by atoms with E-state index in [4.69, 9.17) is 4.74 Å². The highest BCUT2D eigenvalue weighted by Crippen LogP contribution is 2.15. The van der Waals surface area contributed by atoms with Crippen LogP contribution >= 0.6 is 0 Å². The Kier molecular flexibility index (Phi) is 6.01. The number of nitrogens with one attached hydrogen (secondary N) is 1. The first-order valence-corrected chi connectivity index (χ1v) is 8.95. The van der Waals surface area contributed by atoms with E-state index >= 15 is 0 Å². The molecule has 1 aliphatic rings. The molecule has 0 bridgehead atoms. The summed E-state index contributed by atoms with van der Waals surface area (Å²) in [6.45, 7) is 5.30. The molecule has 0 unspecified atom stereocenters. The first-order valence-electron chi connectivity index (χ1n) is 8.95. The highest BCUT2D eigenvalue weighted by Gasteiger charge is 2.13. The lowest BCUT2D eigenvalue weighted by atomic mass is 10.1. The van der Waals surface area contributed by atoms with Crippen molar-refractivity contribution in [2.75, 3.05) is 36.5 Å². The quantitative estimate of drug-likeness (QED) is 0.875. The van der Waals surface area contributed by atoms with Crippen molar-refractivity contribution in [3.63, 3.8) is 0 Å². The minimum atomic E-state index is -0.137. The predicted molar refractivity (Wildman–Crippen MR) is 100 cm³/mol. The smallest absolute Gasteiger partial charge is 0.257 e. The Labute approximate surface area is 149 Å². The zero-order valence-electron chi connectivity index (χ0n) is 14.7. The van der Waals surface area contributed by atoms with Crippen LogP contribution in [0, 0.1) is 0 Å². The molecular formula is C20H25N3O2. The van der Waals surface area contributed by atoms with E-state index in [9.17, 15) is 4.79 Å². The molecule has 1 saturated heterocycles. The Morgan fingerprint density at radius 2 is 1.92 bits per heavy atom. The number of hydrogen-bond donors (Lipinski definition) is 1. The van der Waals surface area contributed by atoms with Crippen LogP contribution in [-0.2, 0) is 11.2 Å². The average molecular weight is 339 g/mol. The molecule has 5 nitrogen and oxygen atoms in total. The maximum absolute atomic E-state index is 12.4. The summed E-state index contributed by atoms with van der Waals surface area (Å²) in [6.07, 6.45) is 5.09. The molecule has 1 aliphatic heterocycles. The number of anilines is 2. The third-order valence-corrected chi connectivity index (χ3v) is 4.38. The van der Waals surface area contributed by atoms with Crippen LogP contribution < -0.4 is 10.2 Å². The molecule has 1 aromatic heterocycles. The van der Waals surface area contributed by atoms with Crippen LogP contribution in [0.25, 0.3) is 0 Å². The second kappa shape index (κ2) is 8.62. The van der Waals surface area contributed by atoms with Crippen molar-refractivity contribution in [3.8, 4) is 0 Å². The second-order valence-corrected chi connectivity index (χ2v) is 6.26. The van der Waals surface area contributed by atoms with Gasteiger partial charge in [-0.15, -0.1) is 0 Å². The van der Waals surface area contributed by atoms with Gasteiger partial charge in [0.05, 0.1) is 18.8 Å². The zero-order valence-corrected chi connectivity index (χ0v) is 14.7. The lowest BCUT2D eigenvalue weighted by Gasteiger charge is -2.27. The van der Waals surface area contributed by atoms with Gasteiger partial charge in [-0.1, -0.05) is 25.5 Å². The number of morpholine rings is 1. The molecule has 0 saturated carbocycles. The number of carbonyl (C=O) groups is 1. The summed E-state index contributed by atoms with van der Waals surface area (Å²) in [7, 11) is 0. The molecule has 25 heavy (non-hydrogen) atoms. The molecule has 3 rings (SSSR count). The molecule has 1 aromatic carbocycles. The molecule has 2 heterocycles. The van der Waals surface area contributed by atoms with Gasteiger partial charge < -0.3 is 15.0 Å². The van der Waals surface area contributed by atoms with Gasteiger partial charge in [0.2, 0.25) is 0 Å². The predicted octanol–water partition coefficient (Wildman–Crippen LogP) is 3.51. The van der Waals surface area contributed by atoms with Crippen molar-refractivity contribution >= 4 is 17.4 Å². The van der Waals surface area contributed by atoms with Crippen LogP contribution in [0.2, 0.25) is 0 Å². The molecular weight excluding hydrogens is 314 g/mol. The van der Waals surface area contributed by atoms with Crippen LogP contribution in [0.3, 0.4) is 0 Å². The Morgan fingerprint density at radius 1 is 1.16 bits per heavy atom. The first-order chi connectivity index (χ1) is 12.3. The number of nitrogens with zero attached hydrogens (tertiary/aromatic N) is 2. The molecule has 0 atom stereocenters. The number of aromatic nitrogens is 1. The fraction of sp³-hybridized carbons (Fsp3) is 0.400. The molecule has 0 radical (unpaired) electrons. The molecule has 1 N–H and O–H groups in total. The fourth-order valence-corrected chi connectivity index (χ4v) is 2.84. The molecule has 132 valence electrons. The minimum absolute atomic E-state index is 0.137. The molecule has 1 fully saturated rings. The van der Waals surface area contributed by atoms with Gasteiger partial charge in [-0.25, -0.2) is 4.98 Å². The van der Waals surface area contributed by atoms with E-state index in [-0.39, 0.29) is 5.91 Å². The van der Waals surface area contributed by atoms with E-state index in [1.54, 1.807) is 6.20 Å². The molecule has 1 amide bonds. The summed E-state index contributed by atoms with van der Waals surface area (Å²) in [4.78, 5) is 19.0. The monoisotopic (exact) mass is 339 g/mol. The van der Waals surface area contributed by atoms with Crippen LogP contribution in [-0.4, -0.2) is 37.2 Å². The SMILES string of the molecule is CCCCc1ccc(NC(=O)c2ccc(N3CCOCC3)nc2)cc1. The number of rotatable bonds is 6. The van der Waals surface area contributed by atoms with E-state index in [1.807, 2.05) is 24.3 Å². The molecule has 0 spiro atoms. The standard InChI is InChI=1S/C20H25N3O2/c1-2-3-4-16-5-8-18(9-6-16)22-20(24)17-7-10-19(21-15-17)23-11-13-25-14-12-23/h5-10,15H,2-4,11-14H2,1H3,(H,22,24). The van der Waals surface area contributed by atoms with Gasteiger partial charge in [0, 0.05) is 25.0 Å². The highest BCUT2D eigenvalue weighted by atomic mass is 16.5. The number of ether oxygens (including phenoxy) is 1. The fourth-order valence-electron chi connectivity index (χ4n) is 2.84. The number of pyridine rings is 1. The molecule has 2 aromatic rings. The van der Waals surface area contributed by atoms with Gasteiger partial charge in [-0.05, 0) is 42.7 Å². The van der Waals surface area contributed by atoms with E-state index in [0.29, 0.717) is 5.56 Å². The normalized spacial score (nSPS) is 14.4. The Hall–Kier alpha value is -2.40. The van der Waals surface area contributed by atoms with Crippen LogP contribution in [0.15, 0.2) is 42.6 Å². The first kappa shape index (κ1) is 17.4. The Bertz CT molecular complexity index is 677. The van der Waals surface area contributed by atoms with Crippen molar-refractivity contribution < 1.29 is 9.53 Å². The summed E-state index contributed by atoms with van der Waals surface area (Å²) in [5.74, 6) is 0.752. The number of benzene rings is 1. The van der Waals surface area contributed by atoms with Gasteiger partial charge in [-0.2, -0.15) is 0 Å². The number of unbranched alkanes of at least 4 members (excludes halogenated alkanes) is 1. The van der Waals surface area contributed by atoms with E-state index < -0.39 is 0 Å². The van der Waals surface area contributed by atoms with Crippen molar-refractivity contribution in [3.05, 3.63) is 53.7 Å². The maximum atomic E-state index is 12.4. The Balaban J connectivity index is 1.59. The largest absolute Gasteiger partial charge is 0.378 e. The lowest BCUT2D eigenvalue weighted by molar-refractivity contribution is 0.102. The van der Waals surface area contributed by atoms with Gasteiger partial charge >= 0.3 is 0 Å². The number of amides is 1. The van der Waals surface area contributed by atoms with Gasteiger partial charge in [0.15, 0.2) is 0 Å². The minimum Gasteiger partial charge on any atom is -0.378 e. The third-order valence-electron chi connectivity index (χ3n) is 4.38. The number of aryl methyl sites for hydroxylation is 1. The molecule has 0 aliphatic carbocycles. The summed E-state index contributed by atoms with van der Waals surface area (Å²) in [5, 5.41) is 2.93. The summed E-state index contributed by atoms with van der Waals surface area (Å²) in [5.41, 5.74) is 2.67.